The molecule has 7 heteroatoms. The van der Waals surface area contributed by atoms with E-state index in [4.69, 9.17) is 18.9 Å². The third-order valence-corrected chi connectivity index (χ3v) is 5.98. The van der Waals surface area contributed by atoms with Gasteiger partial charge in [-0.2, -0.15) is 0 Å². The van der Waals surface area contributed by atoms with Gasteiger partial charge in [0.15, 0.2) is 16.9 Å². The van der Waals surface area contributed by atoms with E-state index >= 15 is 0 Å². The number of nitrogens with zero attached hydrogens (tertiary/aromatic N) is 1. The van der Waals surface area contributed by atoms with Gasteiger partial charge in [-0.15, -0.1) is 0 Å². The van der Waals surface area contributed by atoms with E-state index in [9.17, 15) is 9.59 Å². The number of pyridine rings is 1. The van der Waals surface area contributed by atoms with Gasteiger partial charge in [0.1, 0.15) is 11.7 Å². The molecule has 0 N–H and O–H groups in total. The average Bonchev–Trinajstić information content (AvgIpc) is 3.32. The number of ether oxygens (including phenoxy) is 4. The van der Waals surface area contributed by atoms with Gasteiger partial charge in [0.2, 0.25) is 0 Å². The normalized spacial score (nSPS) is 18.6. The Bertz CT molecular complexity index is 1040. The van der Waals surface area contributed by atoms with Gasteiger partial charge in [-0.1, -0.05) is 27.7 Å². The summed E-state index contributed by atoms with van der Waals surface area (Å²) in [5.41, 5.74) is 2.50. The number of hydrogen-bond acceptors (Lipinski definition) is 6. The van der Waals surface area contributed by atoms with Crippen LogP contribution in [0.3, 0.4) is 0 Å². The van der Waals surface area contributed by atoms with Crippen molar-refractivity contribution in [2.24, 2.45) is 5.92 Å². The molecule has 1 saturated heterocycles. The Hall–Kier alpha value is -2.80. The fourth-order valence-corrected chi connectivity index (χ4v) is 4.33. The van der Waals surface area contributed by atoms with E-state index in [1.165, 1.54) is 6.07 Å². The molecule has 2 unspecified atom stereocenters. The minimum absolute atomic E-state index is 0.0125. The lowest BCUT2D eigenvalue weighted by molar-refractivity contribution is 0.0523. The van der Waals surface area contributed by atoms with Gasteiger partial charge < -0.3 is 23.5 Å². The number of carbonyl (C=O) groups is 1. The maximum Gasteiger partial charge on any atom is 0.343 e. The highest BCUT2D eigenvalue weighted by atomic mass is 16.6. The predicted molar refractivity (Wildman–Crippen MR) is 127 cm³/mol. The Morgan fingerprint density at radius 3 is 2.58 bits per heavy atom. The van der Waals surface area contributed by atoms with Gasteiger partial charge in [0.05, 0.1) is 32.6 Å². The Morgan fingerprint density at radius 1 is 1.21 bits per heavy atom. The number of esters is 1. The number of methoxy groups -OCH3 is 1. The largest absolute Gasteiger partial charge is 0.493 e. The summed E-state index contributed by atoms with van der Waals surface area (Å²) >= 11 is 0. The van der Waals surface area contributed by atoms with E-state index in [1.54, 1.807) is 20.2 Å². The molecule has 0 aliphatic carbocycles. The molecule has 2 aromatic rings. The summed E-state index contributed by atoms with van der Waals surface area (Å²) in [5, 5.41) is 0. The van der Waals surface area contributed by atoms with E-state index in [0.29, 0.717) is 30.6 Å². The van der Waals surface area contributed by atoms with E-state index < -0.39 is 5.97 Å². The van der Waals surface area contributed by atoms with Gasteiger partial charge in [-0.05, 0) is 37.0 Å². The first kappa shape index (κ1) is 24.8. The van der Waals surface area contributed by atoms with Crippen LogP contribution in [0.4, 0.5) is 0 Å². The summed E-state index contributed by atoms with van der Waals surface area (Å²) < 4.78 is 24.3. The zero-order valence-electron chi connectivity index (χ0n) is 20.5. The van der Waals surface area contributed by atoms with Crippen LogP contribution in [0.1, 0.15) is 63.0 Å². The van der Waals surface area contributed by atoms with Crippen LogP contribution in [0.25, 0.3) is 11.3 Å². The van der Waals surface area contributed by atoms with Crippen molar-refractivity contribution in [1.82, 2.24) is 4.57 Å². The highest BCUT2D eigenvalue weighted by molar-refractivity contribution is 5.89. The number of benzene rings is 1. The molecule has 2 aliphatic rings. The van der Waals surface area contributed by atoms with Gasteiger partial charge >= 0.3 is 5.97 Å². The summed E-state index contributed by atoms with van der Waals surface area (Å²) in [7, 11) is 1.61. The Kier molecular flexibility index (Phi) is 8.19. The number of rotatable bonds is 6. The lowest BCUT2D eigenvalue weighted by Crippen LogP contribution is -2.28. The third kappa shape index (κ3) is 5.08. The van der Waals surface area contributed by atoms with Crippen LogP contribution in [0, 0.1) is 5.92 Å². The van der Waals surface area contributed by atoms with Crippen molar-refractivity contribution in [2.75, 3.05) is 26.9 Å². The fraction of sp³-hybridized carbons (Fsp3) is 0.538. The maximum atomic E-state index is 12.8. The van der Waals surface area contributed by atoms with E-state index in [-0.39, 0.29) is 29.7 Å². The van der Waals surface area contributed by atoms with Crippen molar-refractivity contribution >= 4 is 5.97 Å². The zero-order valence-corrected chi connectivity index (χ0v) is 20.5. The van der Waals surface area contributed by atoms with Crippen molar-refractivity contribution in [3.8, 4) is 22.8 Å². The molecule has 2 atom stereocenters. The summed E-state index contributed by atoms with van der Waals surface area (Å²) in [6.07, 6.45) is 3.27. The van der Waals surface area contributed by atoms with Gasteiger partial charge in [-0.25, -0.2) is 4.79 Å². The smallest absolute Gasteiger partial charge is 0.343 e. The average molecular weight is 458 g/mol. The van der Waals surface area contributed by atoms with E-state index in [1.807, 2.05) is 30.5 Å². The summed E-state index contributed by atoms with van der Waals surface area (Å²) in [6, 6.07) is 5.57. The second-order valence-electron chi connectivity index (χ2n) is 8.34. The minimum Gasteiger partial charge on any atom is -0.493 e. The molecule has 0 saturated carbocycles. The third-order valence-electron chi connectivity index (χ3n) is 5.98. The van der Waals surface area contributed by atoms with Crippen molar-refractivity contribution in [1.29, 1.82) is 0 Å². The Balaban J connectivity index is 0.00000149. The number of fused-ring (bicyclic) bond motifs is 3. The molecule has 1 aromatic carbocycles. The summed E-state index contributed by atoms with van der Waals surface area (Å²) in [6.45, 7) is 11.5. The molecule has 0 spiro atoms. The Labute approximate surface area is 195 Å². The second kappa shape index (κ2) is 10.9. The molecular weight excluding hydrogens is 422 g/mol. The van der Waals surface area contributed by atoms with E-state index in [0.717, 1.165) is 29.7 Å². The number of hydrogen-bond donors (Lipinski definition) is 0. The van der Waals surface area contributed by atoms with Crippen molar-refractivity contribution in [3.05, 3.63) is 45.7 Å². The van der Waals surface area contributed by atoms with Crippen molar-refractivity contribution < 1.29 is 23.7 Å². The summed E-state index contributed by atoms with van der Waals surface area (Å²) in [5.74, 6) is 1.01. The predicted octanol–water partition coefficient (Wildman–Crippen LogP) is 4.65. The van der Waals surface area contributed by atoms with Crippen LogP contribution < -0.4 is 14.9 Å². The molecule has 180 valence electrons. The lowest BCUT2D eigenvalue weighted by Gasteiger charge is -2.34. The highest BCUT2D eigenvalue weighted by Crippen LogP contribution is 2.43. The van der Waals surface area contributed by atoms with Crippen molar-refractivity contribution in [2.45, 2.75) is 59.6 Å². The van der Waals surface area contributed by atoms with Crippen LogP contribution in [-0.4, -0.2) is 43.6 Å². The first-order valence-electron chi connectivity index (χ1n) is 11.8. The van der Waals surface area contributed by atoms with Crippen LogP contribution in [0.2, 0.25) is 0 Å². The van der Waals surface area contributed by atoms with Crippen LogP contribution >= 0.6 is 0 Å². The lowest BCUT2D eigenvalue weighted by atomic mass is 9.87. The van der Waals surface area contributed by atoms with Crippen molar-refractivity contribution in [3.63, 3.8) is 0 Å². The topological polar surface area (TPSA) is 76.0 Å². The number of carbonyl (C=O) groups excluding carboxylic acids is 1. The SMILES string of the molecule is CC.CCOC(=O)c1cn2c(cc1=O)-c1cc(OC)c(OC3CCOC3)cc1CC2C(C)C. The first-order valence-corrected chi connectivity index (χ1v) is 11.8. The van der Waals surface area contributed by atoms with E-state index in [2.05, 4.69) is 13.8 Å². The van der Waals surface area contributed by atoms with Crippen LogP contribution in [0.5, 0.6) is 11.5 Å². The Morgan fingerprint density at radius 2 is 1.97 bits per heavy atom. The van der Waals surface area contributed by atoms with Crippen LogP contribution in [-0.2, 0) is 15.9 Å². The molecule has 1 fully saturated rings. The molecule has 1 aromatic heterocycles. The monoisotopic (exact) mass is 457 g/mol. The molecule has 33 heavy (non-hydrogen) atoms. The molecule has 0 radical (unpaired) electrons. The highest BCUT2D eigenvalue weighted by Gasteiger charge is 2.30. The molecule has 2 aliphatic heterocycles. The molecule has 0 amide bonds. The first-order chi connectivity index (χ1) is 15.9. The van der Waals surface area contributed by atoms with Gasteiger partial charge in [0, 0.05) is 30.3 Å². The molecule has 0 bridgehead atoms. The minimum atomic E-state index is -0.587. The molecular formula is C26H35NO6. The molecule has 4 rings (SSSR count). The maximum absolute atomic E-state index is 12.8. The fourth-order valence-electron chi connectivity index (χ4n) is 4.33. The molecule has 7 nitrogen and oxygen atoms in total. The number of aromatic nitrogens is 1. The van der Waals surface area contributed by atoms with Gasteiger partial charge in [0.25, 0.3) is 0 Å². The quantitative estimate of drug-likeness (QED) is 0.588. The standard InChI is InChI=1S/C24H29NO6.C2H6/c1-5-30-24(27)18-12-25-19(14(2)3)8-15-9-23(31-16-6-7-29-13-16)22(28-4)10-17(15)20(25)11-21(18)26;1-2/h9-12,14,16,19H,5-8,13H2,1-4H3;1-2H3. The molecule has 3 heterocycles. The second-order valence-corrected chi connectivity index (χ2v) is 8.34. The zero-order chi connectivity index (χ0) is 24.1. The summed E-state index contributed by atoms with van der Waals surface area (Å²) in [4.78, 5) is 25.1. The van der Waals surface area contributed by atoms with Crippen LogP contribution in [0.15, 0.2) is 29.2 Å². The van der Waals surface area contributed by atoms with Gasteiger partial charge in [-0.3, -0.25) is 4.79 Å².